The minimum atomic E-state index is -0.111. The number of carbonyl (C=O) groups excluding carboxylic acids is 1. The summed E-state index contributed by atoms with van der Waals surface area (Å²) in [4.78, 5) is 19.5. The molecule has 25 heavy (non-hydrogen) atoms. The van der Waals surface area contributed by atoms with E-state index in [4.69, 9.17) is 9.15 Å². The second-order valence-corrected chi connectivity index (χ2v) is 7.64. The Kier molecular flexibility index (Phi) is 6.16. The van der Waals surface area contributed by atoms with E-state index < -0.39 is 0 Å². The minimum Gasteiger partial charge on any atom is -0.449 e. The van der Waals surface area contributed by atoms with Gasteiger partial charge in [0.15, 0.2) is 9.84 Å². The topological polar surface area (TPSA) is 55.0 Å². The Bertz CT molecular complexity index is 814. The van der Waals surface area contributed by atoms with E-state index in [0.717, 1.165) is 10.2 Å². The molecule has 1 aromatic carbocycles. The second kappa shape index (κ2) is 8.35. The van der Waals surface area contributed by atoms with Gasteiger partial charge in [-0.15, -0.1) is 0 Å². The van der Waals surface area contributed by atoms with Crippen LogP contribution in [0.15, 0.2) is 59.9 Å². The van der Waals surface area contributed by atoms with Crippen molar-refractivity contribution in [1.82, 2.24) is 4.90 Å². The number of methoxy groups -OCH3 is 1. The van der Waals surface area contributed by atoms with Crippen LogP contribution in [-0.4, -0.2) is 36.2 Å². The van der Waals surface area contributed by atoms with E-state index in [0.29, 0.717) is 33.7 Å². The van der Waals surface area contributed by atoms with E-state index in [9.17, 15) is 4.79 Å². The van der Waals surface area contributed by atoms with Gasteiger partial charge in [0, 0.05) is 13.2 Å². The third kappa shape index (κ3) is 4.44. The Morgan fingerprint density at radius 2 is 2.08 bits per heavy atom. The Labute approximate surface area is 166 Å². The van der Waals surface area contributed by atoms with Crippen molar-refractivity contribution in [2.75, 3.05) is 20.3 Å². The van der Waals surface area contributed by atoms with Crippen molar-refractivity contribution in [3.05, 3.63) is 56.2 Å². The summed E-state index contributed by atoms with van der Waals surface area (Å²) in [6.45, 7) is 0.877. The van der Waals surface area contributed by atoms with Gasteiger partial charge < -0.3 is 9.15 Å². The lowest BCUT2D eigenvalue weighted by Gasteiger charge is -2.14. The SMILES string of the molecule is COCCN1C(=O)/C(=C/c2cc(Br)c(Br)o2)SC1=Nc1ccccc1. The van der Waals surface area contributed by atoms with Gasteiger partial charge in [0.25, 0.3) is 5.91 Å². The van der Waals surface area contributed by atoms with Crippen molar-refractivity contribution >= 4 is 66.5 Å². The molecule has 0 saturated carbocycles. The molecule has 3 rings (SSSR count). The van der Waals surface area contributed by atoms with E-state index in [1.165, 1.54) is 11.8 Å². The first-order valence-electron chi connectivity index (χ1n) is 7.37. The quantitative estimate of drug-likeness (QED) is 0.555. The molecule has 1 aliphatic rings. The van der Waals surface area contributed by atoms with Crippen LogP contribution in [0.1, 0.15) is 5.76 Å². The smallest absolute Gasteiger partial charge is 0.266 e. The average Bonchev–Trinajstić information content (AvgIpc) is 3.06. The molecule has 0 radical (unpaired) electrons. The summed E-state index contributed by atoms with van der Waals surface area (Å²) in [6, 6.07) is 11.3. The van der Waals surface area contributed by atoms with Crippen LogP contribution in [0.5, 0.6) is 0 Å². The summed E-state index contributed by atoms with van der Waals surface area (Å²) in [5, 5.41) is 0.629. The number of amidine groups is 1. The van der Waals surface area contributed by atoms with Crippen LogP contribution in [0.25, 0.3) is 6.08 Å². The maximum absolute atomic E-state index is 12.7. The minimum absolute atomic E-state index is 0.111. The van der Waals surface area contributed by atoms with Crippen LogP contribution in [0, 0.1) is 0 Å². The van der Waals surface area contributed by atoms with Crippen molar-refractivity contribution < 1.29 is 13.9 Å². The highest BCUT2D eigenvalue weighted by Crippen LogP contribution is 2.35. The number of ether oxygens (including phenoxy) is 1. The van der Waals surface area contributed by atoms with E-state index in [-0.39, 0.29) is 5.91 Å². The molecule has 0 unspecified atom stereocenters. The Balaban J connectivity index is 1.92. The fourth-order valence-corrected chi connectivity index (χ4v) is 3.76. The molecule has 0 aliphatic carbocycles. The molecule has 1 amide bonds. The molecule has 5 nitrogen and oxygen atoms in total. The number of para-hydroxylation sites is 1. The van der Waals surface area contributed by atoms with Gasteiger partial charge >= 0.3 is 0 Å². The molecule has 1 fully saturated rings. The van der Waals surface area contributed by atoms with E-state index in [1.54, 1.807) is 24.2 Å². The number of benzene rings is 1. The molecular formula is C17H14Br2N2O3S. The van der Waals surface area contributed by atoms with Gasteiger partial charge in [-0.05, 0) is 61.8 Å². The predicted octanol–water partition coefficient (Wildman–Crippen LogP) is 5.06. The number of carbonyl (C=O) groups is 1. The number of halogens is 2. The molecule has 1 saturated heterocycles. The molecule has 0 bridgehead atoms. The van der Waals surface area contributed by atoms with Gasteiger partial charge in [-0.1, -0.05) is 18.2 Å². The Morgan fingerprint density at radius 3 is 2.72 bits per heavy atom. The summed E-state index contributed by atoms with van der Waals surface area (Å²) in [5.74, 6) is 0.475. The summed E-state index contributed by atoms with van der Waals surface area (Å²) in [6.07, 6.45) is 1.72. The summed E-state index contributed by atoms with van der Waals surface area (Å²) in [5.41, 5.74) is 0.796. The largest absolute Gasteiger partial charge is 0.449 e. The van der Waals surface area contributed by atoms with Crippen molar-refractivity contribution in [3.8, 4) is 0 Å². The number of hydrogen-bond donors (Lipinski definition) is 0. The van der Waals surface area contributed by atoms with E-state index >= 15 is 0 Å². The van der Waals surface area contributed by atoms with Gasteiger partial charge in [0.1, 0.15) is 5.76 Å². The maximum Gasteiger partial charge on any atom is 0.266 e. The molecule has 1 aliphatic heterocycles. The van der Waals surface area contributed by atoms with Crippen molar-refractivity contribution in [2.45, 2.75) is 0 Å². The number of nitrogens with zero attached hydrogens (tertiary/aromatic N) is 2. The van der Waals surface area contributed by atoms with Crippen molar-refractivity contribution in [1.29, 1.82) is 0 Å². The fraction of sp³-hybridized carbons (Fsp3) is 0.176. The van der Waals surface area contributed by atoms with E-state index in [1.807, 2.05) is 30.3 Å². The number of aliphatic imine (C=N–C) groups is 1. The summed E-state index contributed by atoms with van der Waals surface area (Å²) in [7, 11) is 1.61. The van der Waals surface area contributed by atoms with Crippen LogP contribution >= 0.6 is 43.6 Å². The van der Waals surface area contributed by atoms with Gasteiger partial charge in [-0.3, -0.25) is 9.69 Å². The summed E-state index contributed by atoms with van der Waals surface area (Å²) >= 11 is 7.99. The molecule has 8 heteroatoms. The number of furan rings is 1. The summed E-state index contributed by atoms with van der Waals surface area (Å²) < 4.78 is 12.0. The highest BCUT2D eigenvalue weighted by atomic mass is 79.9. The molecule has 1 aromatic heterocycles. The molecule has 0 spiro atoms. The van der Waals surface area contributed by atoms with Gasteiger partial charge in [0.05, 0.1) is 28.2 Å². The predicted molar refractivity (Wildman–Crippen MR) is 107 cm³/mol. The first kappa shape index (κ1) is 18.4. The maximum atomic E-state index is 12.7. The number of rotatable bonds is 5. The Morgan fingerprint density at radius 1 is 1.32 bits per heavy atom. The van der Waals surface area contributed by atoms with Crippen LogP contribution in [0.2, 0.25) is 0 Å². The average molecular weight is 486 g/mol. The van der Waals surface area contributed by atoms with Crippen LogP contribution in [0.3, 0.4) is 0 Å². The monoisotopic (exact) mass is 484 g/mol. The molecule has 2 aromatic rings. The van der Waals surface area contributed by atoms with Crippen molar-refractivity contribution in [3.63, 3.8) is 0 Å². The standard InChI is InChI=1S/C17H14Br2N2O3S/c1-23-8-7-21-16(22)14(10-12-9-13(18)15(19)24-12)25-17(21)20-11-5-3-2-4-6-11/h2-6,9-10H,7-8H2,1H3/b14-10-,20-17?. The van der Waals surface area contributed by atoms with Crippen LogP contribution in [-0.2, 0) is 9.53 Å². The van der Waals surface area contributed by atoms with Crippen LogP contribution < -0.4 is 0 Å². The second-order valence-electron chi connectivity index (χ2n) is 5.06. The zero-order valence-corrected chi connectivity index (χ0v) is 17.2. The molecular weight excluding hydrogens is 472 g/mol. The lowest BCUT2D eigenvalue weighted by molar-refractivity contribution is -0.122. The lowest BCUT2D eigenvalue weighted by Crippen LogP contribution is -2.32. The third-order valence-corrected chi connectivity index (χ3v) is 6.04. The van der Waals surface area contributed by atoms with Gasteiger partial charge in [-0.25, -0.2) is 4.99 Å². The first-order valence-corrected chi connectivity index (χ1v) is 9.77. The molecule has 2 heterocycles. The van der Waals surface area contributed by atoms with Crippen LogP contribution in [0.4, 0.5) is 5.69 Å². The number of thioether (sulfide) groups is 1. The zero-order chi connectivity index (χ0) is 17.8. The highest BCUT2D eigenvalue weighted by molar-refractivity contribution is 9.13. The normalized spacial score (nSPS) is 17.9. The zero-order valence-electron chi connectivity index (χ0n) is 13.2. The van der Waals surface area contributed by atoms with Gasteiger partial charge in [0.2, 0.25) is 0 Å². The molecule has 130 valence electrons. The van der Waals surface area contributed by atoms with Crippen molar-refractivity contribution in [2.24, 2.45) is 4.99 Å². The first-order chi connectivity index (χ1) is 12.1. The molecule has 0 atom stereocenters. The third-order valence-electron chi connectivity index (χ3n) is 3.33. The number of amides is 1. The van der Waals surface area contributed by atoms with Gasteiger partial charge in [-0.2, -0.15) is 0 Å². The fourth-order valence-electron chi connectivity index (χ4n) is 2.15. The van der Waals surface area contributed by atoms with E-state index in [2.05, 4.69) is 36.9 Å². The highest BCUT2D eigenvalue weighted by Gasteiger charge is 2.33. The Hall–Kier alpha value is -1.35. The molecule has 0 N–H and O–H groups in total. The lowest BCUT2D eigenvalue weighted by atomic mass is 10.3. The number of hydrogen-bond acceptors (Lipinski definition) is 5.